The van der Waals surface area contributed by atoms with E-state index in [1.54, 1.807) is 24.3 Å². The number of fused-ring (bicyclic) bond motifs is 3. The summed E-state index contributed by atoms with van der Waals surface area (Å²) in [5, 5.41) is 0. The predicted molar refractivity (Wildman–Crippen MR) is 108 cm³/mol. The van der Waals surface area contributed by atoms with Crippen LogP contribution in [-0.2, 0) is 20.9 Å². The molecule has 4 rings (SSSR count). The minimum absolute atomic E-state index is 0.0880. The number of amides is 2. The highest BCUT2D eigenvalue weighted by Crippen LogP contribution is 2.46. The summed E-state index contributed by atoms with van der Waals surface area (Å²) in [4.78, 5) is 42.6. The number of anilines is 1. The number of hydrogen-bond donors (Lipinski definition) is 0. The van der Waals surface area contributed by atoms with Crippen molar-refractivity contribution >= 4 is 23.5 Å². The highest BCUT2D eigenvalue weighted by molar-refractivity contribution is 6.15. The molecule has 2 amide bonds. The van der Waals surface area contributed by atoms with Crippen LogP contribution in [0.25, 0.3) is 0 Å². The van der Waals surface area contributed by atoms with Gasteiger partial charge in [-0.2, -0.15) is 0 Å². The van der Waals surface area contributed by atoms with Crippen LogP contribution in [0.5, 0.6) is 0 Å². The Bertz CT molecular complexity index is 983. The molecule has 0 aromatic heterocycles. The van der Waals surface area contributed by atoms with Crippen LogP contribution in [0.2, 0.25) is 0 Å². The van der Waals surface area contributed by atoms with E-state index in [0.717, 1.165) is 11.1 Å². The van der Waals surface area contributed by atoms with E-state index in [-0.39, 0.29) is 37.3 Å². The van der Waals surface area contributed by atoms with E-state index >= 15 is 0 Å². The fourth-order valence-corrected chi connectivity index (χ4v) is 4.32. The van der Waals surface area contributed by atoms with Crippen molar-refractivity contribution in [3.8, 4) is 0 Å². The number of rotatable bonds is 4. The van der Waals surface area contributed by atoms with Gasteiger partial charge in [-0.05, 0) is 38.5 Å². The lowest BCUT2D eigenvalue weighted by Gasteiger charge is -2.50. The molecule has 1 fully saturated rings. The molecule has 150 valence electrons. The molecule has 2 aromatic carbocycles. The number of nitrogens with zero attached hydrogens (tertiary/aromatic N) is 2. The van der Waals surface area contributed by atoms with Crippen molar-refractivity contribution in [2.75, 3.05) is 4.90 Å². The third-order valence-corrected chi connectivity index (χ3v) is 5.63. The summed E-state index contributed by atoms with van der Waals surface area (Å²) >= 11 is 0. The van der Waals surface area contributed by atoms with E-state index < -0.39 is 11.6 Å². The Morgan fingerprint density at radius 1 is 1.10 bits per heavy atom. The van der Waals surface area contributed by atoms with Gasteiger partial charge in [0.05, 0.1) is 11.3 Å². The van der Waals surface area contributed by atoms with Crippen LogP contribution in [0.1, 0.15) is 48.2 Å². The van der Waals surface area contributed by atoms with Gasteiger partial charge in [0, 0.05) is 18.9 Å². The van der Waals surface area contributed by atoms with E-state index in [1.165, 1.54) is 9.80 Å². The number of aryl methyl sites for hydroxylation is 1. The van der Waals surface area contributed by atoms with E-state index in [4.69, 9.17) is 4.74 Å². The molecule has 1 atom stereocenters. The summed E-state index contributed by atoms with van der Waals surface area (Å²) in [6, 6.07) is 14.4. The molecule has 0 bridgehead atoms. The summed E-state index contributed by atoms with van der Waals surface area (Å²) in [6.07, 6.45) is 0.404. The number of hydrogen-bond acceptors (Lipinski definition) is 4. The first kappa shape index (κ1) is 19.2. The summed E-state index contributed by atoms with van der Waals surface area (Å²) in [5.74, 6) is -1.00. The van der Waals surface area contributed by atoms with E-state index in [1.807, 2.05) is 45.0 Å². The fraction of sp³-hybridized carbons (Fsp3) is 0.348. The SMILES string of the molecule is Cc1ccc(COC(=O)[C@]23CCC(=O)N2c2ccccc2C(=O)N3C(C)C)cc1. The molecule has 2 aromatic rings. The van der Waals surface area contributed by atoms with Crippen LogP contribution in [0.4, 0.5) is 5.69 Å². The second kappa shape index (κ2) is 7.03. The second-order valence-corrected chi connectivity index (χ2v) is 7.89. The number of ether oxygens (including phenoxy) is 1. The van der Waals surface area contributed by atoms with Crippen LogP contribution in [-0.4, -0.2) is 34.4 Å². The summed E-state index contributed by atoms with van der Waals surface area (Å²) < 4.78 is 5.68. The van der Waals surface area contributed by atoms with Gasteiger partial charge in [-0.15, -0.1) is 0 Å². The van der Waals surface area contributed by atoms with Gasteiger partial charge in [-0.3, -0.25) is 14.5 Å². The van der Waals surface area contributed by atoms with E-state index in [2.05, 4.69) is 0 Å². The van der Waals surface area contributed by atoms with Crippen LogP contribution < -0.4 is 4.90 Å². The second-order valence-electron chi connectivity index (χ2n) is 7.89. The summed E-state index contributed by atoms with van der Waals surface area (Å²) in [6.45, 7) is 5.77. The molecule has 0 saturated carbocycles. The van der Waals surface area contributed by atoms with Crippen molar-refractivity contribution in [3.05, 3.63) is 65.2 Å². The van der Waals surface area contributed by atoms with Crippen molar-refractivity contribution in [1.82, 2.24) is 4.90 Å². The van der Waals surface area contributed by atoms with Crippen molar-refractivity contribution < 1.29 is 19.1 Å². The molecule has 29 heavy (non-hydrogen) atoms. The molecule has 6 nitrogen and oxygen atoms in total. The van der Waals surface area contributed by atoms with Gasteiger partial charge in [0.25, 0.3) is 5.91 Å². The quantitative estimate of drug-likeness (QED) is 0.748. The van der Waals surface area contributed by atoms with E-state index in [0.29, 0.717) is 11.3 Å². The zero-order valence-electron chi connectivity index (χ0n) is 16.8. The van der Waals surface area contributed by atoms with Gasteiger partial charge in [0.2, 0.25) is 11.6 Å². The van der Waals surface area contributed by atoms with Gasteiger partial charge >= 0.3 is 5.97 Å². The highest BCUT2D eigenvalue weighted by atomic mass is 16.5. The Labute approximate surface area is 170 Å². The monoisotopic (exact) mass is 392 g/mol. The Kier molecular flexibility index (Phi) is 4.65. The third-order valence-electron chi connectivity index (χ3n) is 5.63. The smallest absolute Gasteiger partial charge is 0.354 e. The molecule has 0 N–H and O–H groups in total. The number of para-hydroxylation sites is 1. The average molecular weight is 392 g/mol. The number of benzene rings is 2. The Hall–Kier alpha value is -3.15. The normalized spacial score (nSPS) is 20.7. The predicted octanol–water partition coefficient (Wildman–Crippen LogP) is 3.43. The lowest BCUT2D eigenvalue weighted by Crippen LogP contribution is -2.70. The largest absolute Gasteiger partial charge is 0.458 e. The zero-order chi connectivity index (χ0) is 20.8. The van der Waals surface area contributed by atoms with Crippen LogP contribution in [0, 0.1) is 6.92 Å². The van der Waals surface area contributed by atoms with Gasteiger partial charge in [0.15, 0.2) is 0 Å². The first-order valence-corrected chi connectivity index (χ1v) is 9.85. The van der Waals surface area contributed by atoms with Crippen molar-refractivity contribution in [1.29, 1.82) is 0 Å². The number of esters is 1. The van der Waals surface area contributed by atoms with Crippen LogP contribution >= 0.6 is 0 Å². The molecule has 0 aliphatic carbocycles. The molecule has 2 aliphatic heterocycles. The van der Waals surface area contributed by atoms with Crippen LogP contribution in [0.15, 0.2) is 48.5 Å². The molecular weight excluding hydrogens is 368 g/mol. The molecule has 2 aliphatic rings. The van der Waals surface area contributed by atoms with Gasteiger partial charge in [0.1, 0.15) is 6.61 Å². The maximum absolute atomic E-state index is 13.4. The fourth-order valence-electron chi connectivity index (χ4n) is 4.32. The minimum atomic E-state index is -1.44. The van der Waals surface area contributed by atoms with Gasteiger partial charge in [-0.25, -0.2) is 4.79 Å². The Morgan fingerprint density at radius 3 is 2.48 bits per heavy atom. The molecule has 1 saturated heterocycles. The van der Waals surface area contributed by atoms with Crippen molar-refractivity contribution in [2.24, 2.45) is 0 Å². The minimum Gasteiger partial charge on any atom is -0.458 e. The first-order chi connectivity index (χ1) is 13.9. The molecule has 0 spiro atoms. The topological polar surface area (TPSA) is 66.9 Å². The lowest BCUT2D eigenvalue weighted by molar-refractivity contribution is -0.159. The zero-order valence-corrected chi connectivity index (χ0v) is 16.8. The maximum Gasteiger partial charge on any atom is 0.354 e. The lowest BCUT2D eigenvalue weighted by atomic mass is 9.95. The molecular formula is C23H24N2O4. The average Bonchev–Trinajstić information content (AvgIpc) is 3.05. The first-order valence-electron chi connectivity index (χ1n) is 9.85. The number of carbonyl (C=O) groups excluding carboxylic acids is 3. The molecule has 0 unspecified atom stereocenters. The van der Waals surface area contributed by atoms with Crippen molar-refractivity contribution in [2.45, 2.75) is 51.9 Å². The van der Waals surface area contributed by atoms with Gasteiger partial charge in [-0.1, -0.05) is 42.0 Å². The van der Waals surface area contributed by atoms with Gasteiger partial charge < -0.3 is 9.64 Å². The van der Waals surface area contributed by atoms with Crippen LogP contribution in [0.3, 0.4) is 0 Å². The summed E-state index contributed by atoms with van der Waals surface area (Å²) in [5.41, 5.74) is 1.44. The Morgan fingerprint density at radius 2 is 1.79 bits per heavy atom. The van der Waals surface area contributed by atoms with E-state index in [9.17, 15) is 14.4 Å². The number of carbonyl (C=O) groups is 3. The maximum atomic E-state index is 13.4. The third kappa shape index (κ3) is 2.90. The standard InChI is InChI=1S/C23H24N2O4/c1-15(2)24-21(27)18-6-4-5-7-19(18)25-20(26)12-13-23(24,25)22(28)29-14-17-10-8-16(3)9-11-17/h4-11,15H,12-14H2,1-3H3/t23-/m0/s1. The molecule has 2 heterocycles. The highest BCUT2D eigenvalue weighted by Gasteiger charge is 2.62. The molecule has 6 heteroatoms. The van der Waals surface area contributed by atoms with Crippen molar-refractivity contribution in [3.63, 3.8) is 0 Å². The molecule has 0 radical (unpaired) electrons. The Balaban J connectivity index is 1.75. The summed E-state index contributed by atoms with van der Waals surface area (Å²) in [7, 11) is 0.